The number of aliphatic imine (C=N–C) groups is 1. The largest absolute Gasteiger partial charge is 0.454 e. The van der Waals surface area contributed by atoms with Crippen LogP contribution >= 0.6 is 11.6 Å². The average Bonchev–Trinajstić information content (AvgIpc) is 2.57. The van der Waals surface area contributed by atoms with E-state index in [2.05, 4.69) is 15.0 Å². The van der Waals surface area contributed by atoms with Crippen LogP contribution < -0.4 is 14.8 Å². The first-order valence-corrected chi connectivity index (χ1v) is 9.26. The fraction of sp³-hybridized carbons (Fsp3) is 0.188. The summed E-state index contributed by atoms with van der Waals surface area (Å²) < 4.78 is 38.0. The third kappa shape index (κ3) is 3.87. The van der Waals surface area contributed by atoms with Crippen LogP contribution in [-0.2, 0) is 14.8 Å². The molecule has 0 amide bonds. The van der Waals surface area contributed by atoms with Crippen molar-refractivity contribution in [1.29, 1.82) is 0 Å². The van der Waals surface area contributed by atoms with Crippen LogP contribution in [-0.4, -0.2) is 34.6 Å². The first-order valence-electron chi connectivity index (χ1n) is 7.40. The number of nitrogens with zero attached hydrogens (tertiary/aromatic N) is 1. The van der Waals surface area contributed by atoms with E-state index in [1.54, 1.807) is 43.5 Å². The first-order chi connectivity index (χ1) is 12.0. The molecule has 7 nitrogen and oxygen atoms in total. The monoisotopic (exact) mass is 381 g/mol. The number of para-hydroxylation sites is 2. The maximum Gasteiger partial charge on any atom is 0.266 e. The van der Waals surface area contributed by atoms with Crippen LogP contribution in [0, 0.1) is 0 Å². The van der Waals surface area contributed by atoms with E-state index in [9.17, 15) is 8.42 Å². The summed E-state index contributed by atoms with van der Waals surface area (Å²) in [7, 11) is -2.21. The number of hydrogen-bond acceptors (Lipinski definition) is 5. The van der Waals surface area contributed by atoms with Crippen molar-refractivity contribution in [2.45, 2.75) is 4.90 Å². The van der Waals surface area contributed by atoms with Crippen molar-refractivity contribution < 1.29 is 17.9 Å². The second-order valence-corrected chi connectivity index (χ2v) is 7.17. The fourth-order valence-corrected chi connectivity index (χ4v) is 3.57. The van der Waals surface area contributed by atoms with E-state index in [1.807, 2.05) is 0 Å². The Kier molecular flexibility index (Phi) is 5.12. The number of rotatable bonds is 5. The molecule has 3 rings (SSSR count). The zero-order chi connectivity index (χ0) is 17.9. The topological polar surface area (TPSA) is 89.0 Å². The predicted octanol–water partition coefficient (Wildman–Crippen LogP) is 2.84. The van der Waals surface area contributed by atoms with E-state index in [0.717, 1.165) is 0 Å². The number of ether oxygens (including phenoxy) is 2. The third-order valence-corrected chi connectivity index (χ3v) is 5.07. The number of benzene rings is 2. The molecular weight excluding hydrogens is 366 g/mol. The molecular formula is C16H16ClN3O4S. The molecule has 1 aliphatic rings. The molecule has 2 N–H and O–H groups in total. The Balaban J connectivity index is 1.99. The van der Waals surface area contributed by atoms with Gasteiger partial charge in [-0.15, -0.1) is 0 Å². The van der Waals surface area contributed by atoms with Gasteiger partial charge in [-0.25, -0.2) is 18.1 Å². The summed E-state index contributed by atoms with van der Waals surface area (Å²) in [4.78, 5) is 4.21. The molecule has 1 heterocycles. The van der Waals surface area contributed by atoms with Crippen LogP contribution in [0.2, 0.25) is 5.02 Å². The summed E-state index contributed by atoms with van der Waals surface area (Å²) in [5.41, 5.74) is 0.303. The van der Waals surface area contributed by atoms with Crippen molar-refractivity contribution in [1.82, 2.24) is 4.72 Å². The van der Waals surface area contributed by atoms with Crippen LogP contribution in [0.4, 0.5) is 5.69 Å². The molecule has 0 unspecified atom stereocenters. The number of anilines is 1. The molecule has 9 heteroatoms. The fourth-order valence-electron chi connectivity index (χ4n) is 2.24. The van der Waals surface area contributed by atoms with Gasteiger partial charge in [-0.1, -0.05) is 29.8 Å². The summed E-state index contributed by atoms with van der Waals surface area (Å²) in [5, 5.41) is 3.38. The molecule has 0 fully saturated rings. The highest BCUT2D eigenvalue weighted by Gasteiger charge is 2.29. The van der Waals surface area contributed by atoms with Crippen LogP contribution in [0.15, 0.2) is 52.4 Å². The Hall–Kier alpha value is -2.29. The first kappa shape index (κ1) is 17.5. The number of methoxy groups -OCH3 is 1. The standard InChI is InChI=1S/C16H16ClN3O4S/c1-23-10-9-18-16-19-15-13(24-12-6-3-2-5-11(12)17)7-4-8-14(15)25(21,22)20-16/h2-8H,9-10H2,1H3,(H2,18,19,20). The Labute approximate surface area is 150 Å². The number of sulfonamides is 1. The molecule has 0 aromatic heterocycles. The molecule has 0 saturated heterocycles. The minimum absolute atomic E-state index is 0.0720. The SMILES string of the molecule is COCCN=C1Nc2c(Oc3ccccc3Cl)cccc2S(=O)(=O)N1. The van der Waals surface area contributed by atoms with Crippen molar-refractivity contribution in [3.63, 3.8) is 0 Å². The van der Waals surface area contributed by atoms with Crippen LogP contribution in [0.3, 0.4) is 0 Å². The molecule has 0 spiro atoms. The lowest BCUT2D eigenvalue weighted by Crippen LogP contribution is -2.41. The summed E-state index contributed by atoms with van der Waals surface area (Å²) in [6, 6.07) is 11.7. The van der Waals surface area contributed by atoms with E-state index < -0.39 is 10.0 Å². The molecule has 2 aromatic carbocycles. The molecule has 0 radical (unpaired) electrons. The molecule has 2 aromatic rings. The van der Waals surface area contributed by atoms with Gasteiger partial charge in [0.2, 0.25) is 5.96 Å². The van der Waals surface area contributed by atoms with Crippen LogP contribution in [0.25, 0.3) is 0 Å². The van der Waals surface area contributed by atoms with E-state index >= 15 is 0 Å². The van der Waals surface area contributed by atoms with E-state index in [4.69, 9.17) is 21.1 Å². The summed E-state index contributed by atoms with van der Waals surface area (Å²) in [6.45, 7) is 0.682. The molecule has 0 saturated carbocycles. The lowest BCUT2D eigenvalue weighted by atomic mass is 10.3. The second kappa shape index (κ2) is 7.30. The smallest absolute Gasteiger partial charge is 0.266 e. The van der Waals surface area contributed by atoms with Gasteiger partial charge in [-0.2, -0.15) is 0 Å². The van der Waals surface area contributed by atoms with Gasteiger partial charge in [0.05, 0.1) is 18.2 Å². The van der Waals surface area contributed by atoms with Gasteiger partial charge in [-0.3, -0.25) is 0 Å². The van der Waals surface area contributed by atoms with Crippen molar-refractivity contribution >= 4 is 33.3 Å². The number of guanidine groups is 1. The van der Waals surface area contributed by atoms with Gasteiger partial charge in [0.15, 0.2) is 5.75 Å². The minimum Gasteiger partial charge on any atom is -0.454 e. The molecule has 0 atom stereocenters. The van der Waals surface area contributed by atoms with Gasteiger partial charge in [-0.05, 0) is 24.3 Å². The maximum absolute atomic E-state index is 12.4. The highest BCUT2D eigenvalue weighted by atomic mass is 35.5. The highest BCUT2D eigenvalue weighted by molar-refractivity contribution is 7.90. The minimum atomic E-state index is -3.75. The average molecular weight is 382 g/mol. The highest BCUT2D eigenvalue weighted by Crippen LogP contribution is 2.38. The maximum atomic E-state index is 12.4. The van der Waals surface area contributed by atoms with E-state index in [1.165, 1.54) is 6.07 Å². The lowest BCUT2D eigenvalue weighted by molar-refractivity contribution is 0.208. The Bertz CT molecular complexity index is 915. The van der Waals surface area contributed by atoms with Gasteiger partial charge in [0.1, 0.15) is 16.3 Å². The van der Waals surface area contributed by atoms with Gasteiger partial charge < -0.3 is 14.8 Å². The normalized spacial score (nSPS) is 16.6. The summed E-state index contributed by atoms with van der Waals surface area (Å²) in [5.74, 6) is 0.864. The zero-order valence-corrected chi connectivity index (χ0v) is 14.9. The van der Waals surface area contributed by atoms with E-state index in [-0.39, 0.29) is 10.9 Å². The summed E-state index contributed by atoms with van der Waals surface area (Å²) >= 11 is 6.11. The van der Waals surface area contributed by atoms with Crippen LogP contribution in [0.1, 0.15) is 0 Å². The quantitative estimate of drug-likeness (QED) is 0.777. The van der Waals surface area contributed by atoms with Gasteiger partial charge in [0, 0.05) is 7.11 Å². The molecule has 25 heavy (non-hydrogen) atoms. The Morgan fingerprint density at radius 3 is 2.64 bits per heavy atom. The second-order valence-electron chi connectivity index (χ2n) is 5.12. The number of nitrogens with one attached hydrogen (secondary N) is 2. The molecule has 132 valence electrons. The van der Waals surface area contributed by atoms with Crippen LogP contribution in [0.5, 0.6) is 11.5 Å². The number of fused-ring (bicyclic) bond motifs is 1. The number of hydrogen-bond donors (Lipinski definition) is 2. The van der Waals surface area contributed by atoms with Crippen molar-refractivity contribution in [2.75, 3.05) is 25.6 Å². The Morgan fingerprint density at radius 2 is 1.88 bits per heavy atom. The van der Waals surface area contributed by atoms with Crippen molar-refractivity contribution in [3.05, 3.63) is 47.5 Å². The van der Waals surface area contributed by atoms with Crippen molar-refractivity contribution in [2.24, 2.45) is 4.99 Å². The summed E-state index contributed by atoms with van der Waals surface area (Å²) in [6.07, 6.45) is 0. The van der Waals surface area contributed by atoms with Gasteiger partial charge in [0.25, 0.3) is 10.0 Å². The van der Waals surface area contributed by atoms with E-state index in [0.29, 0.717) is 35.4 Å². The Morgan fingerprint density at radius 1 is 1.12 bits per heavy atom. The molecule has 1 aliphatic heterocycles. The van der Waals surface area contributed by atoms with Gasteiger partial charge >= 0.3 is 0 Å². The zero-order valence-electron chi connectivity index (χ0n) is 13.3. The lowest BCUT2D eigenvalue weighted by Gasteiger charge is -2.23. The molecule has 0 aliphatic carbocycles. The number of halogens is 1. The predicted molar refractivity (Wildman–Crippen MR) is 96.1 cm³/mol. The molecule has 0 bridgehead atoms. The third-order valence-electron chi connectivity index (χ3n) is 3.37. The van der Waals surface area contributed by atoms with Crippen molar-refractivity contribution in [3.8, 4) is 11.5 Å².